The van der Waals surface area contributed by atoms with Gasteiger partial charge in [-0.15, -0.1) is 5.10 Å². The molecule has 1 atom stereocenters. The molecule has 1 aliphatic heterocycles. The normalized spacial score (nSPS) is 17.4. The number of halogens is 6. The van der Waals surface area contributed by atoms with Crippen molar-refractivity contribution in [3.8, 4) is 5.82 Å². The number of alkyl halides is 5. The van der Waals surface area contributed by atoms with Crippen molar-refractivity contribution in [1.29, 1.82) is 0 Å². The SMILES string of the molecule is Cc1cc(C(F)(F)F)nn1CC(=O)Nc1cnc(-n2cnc([C@@H]3CC(F)(F)CN3)n2)c(F)c1.O. The molecule has 0 spiro atoms. The number of aromatic nitrogens is 6. The molecule has 1 aliphatic rings. The second-order valence-electron chi connectivity index (χ2n) is 7.44. The Kier molecular flexibility index (Phi) is 6.66. The van der Waals surface area contributed by atoms with Crippen molar-refractivity contribution in [3.05, 3.63) is 47.7 Å². The van der Waals surface area contributed by atoms with E-state index in [4.69, 9.17) is 0 Å². The molecule has 3 aromatic heterocycles. The van der Waals surface area contributed by atoms with Crippen molar-refractivity contribution in [2.75, 3.05) is 11.9 Å². The molecule has 1 fully saturated rings. The molecule has 1 amide bonds. The van der Waals surface area contributed by atoms with Crippen LogP contribution in [0.3, 0.4) is 0 Å². The van der Waals surface area contributed by atoms with Gasteiger partial charge in [0.05, 0.1) is 24.5 Å². The third-order valence-electron chi connectivity index (χ3n) is 4.82. The molecule has 16 heteroatoms. The third kappa shape index (κ3) is 5.33. The van der Waals surface area contributed by atoms with Crippen LogP contribution in [0.2, 0.25) is 0 Å². The van der Waals surface area contributed by atoms with Gasteiger partial charge in [0.1, 0.15) is 12.9 Å². The van der Waals surface area contributed by atoms with Gasteiger partial charge in [0.15, 0.2) is 23.2 Å². The van der Waals surface area contributed by atoms with Gasteiger partial charge in [0.25, 0.3) is 5.92 Å². The zero-order chi connectivity index (χ0) is 24.0. The lowest BCUT2D eigenvalue weighted by Gasteiger charge is -2.08. The number of aryl methyl sites for hydroxylation is 1. The van der Waals surface area contributed by atoms with Crippen LogP contribution >= 0.6 is 0 Å². The van der Waals surface area contributed by atoms with E-state index in [0.29, 0.717) is 0 Å². The van der Waals surface area contributed by atoms with Gasteiger partial charge >= 0.3 is 6.18 Å². The molecule has 3 aromatic rings. The van der Waals surface area contributed by atoms with Crippen molar-refractivity contribution in [2.24, 2.45) is 0 Å². The molecule has 10 nitrogen and oxygen atoms in total. The highest BCUT2D eigenvalue weighted by Gasteiger charge is 2.41. The van der Waals surface area contributed by atoms with Gasteiger partial charge in [-0.2, -0.15) is 23.0 Å². The van der Waals surface area contributed by atoms with E-state index in [2.05, 4.69) is 30.8 Å². The predicted octanol–water partition coefficient (Wildman–Crippen LogP) is 1.81. The summed E-state index contributed by atoms with van der Waals surface area (Å²) in [6.45, 7) is 0.319. The van der Waals surface area contributed by atoms with Crippen LogP contribution in [-0.2, 0) is 17.5 Å². The van der Waals surface area contributed by atoms with Crippen LogP contribution in [0.1, 0.15) is 29.7 Å². The Morgan fingerprint density at radius 2 is 2.00 bits per heavy atom. The predicted molar refractivity (Wildman–Crippen MR) is 104 cm³/mol. The standard InChI is InChI=1S/C18H16F6N8O.H2O/c1-9-2-13(18(22,23)24)29-31(9)6-14(33)28-10-3-11(19)16(25-5-10)32-8-27-15(30-32)12-4-17(20,21)7-26-12;/h2-3,5,8,12,26H,4,6-7H2,1H3,(H,28,33);1H2/t12-;/m0./s1. The average molecular weight is 492 g/mol. The summed E-state index contributed by atoms with van der Waals surface area (Å²) in [6, 6.07) is 0.949. The number of amides is 1. The van der Waals surface area contributed by atoms with Gasteiger partial charge < -0.3 is 16.1 Å². The van der Waals surface area contributed by atoms with Crippen LogP contribution in [-0.4, -0.2) is 53.4 Å². The summed E-state index contributed by atoms with van der Waals surface area (Å²) >= 11 is 0. The molecule has 0 radical (unpaired) electrons. The number of hydrogen-bond acceptors (Lipinski definition) is 6. The number of rotatable bonds is 5. The zero-order valence-electron chi connectivity index (χ0n) is 17.4. The summed E-state index contributed by atoms with van der Waals surface area (Å²) < 4.78 is 81.3. The molecule has 4 heterocycles. The first-order valence-electron chi connectivity index (χ1n) is 9.51. The smallest absolute Gasteiger partial charge is 0.412 e. The summed E-state index contributed by atoms with van der Waals surface area (Å²) in [6.07, 6.45) is -2.91. The summed E-state index contributed by atoms with van der Waals surface area (Å²) in [5.74, 6) is -4.76. The Balaban J connectivity index is 0.00000324. The minimum atomic E-state index is -4.65. The van der Waals surface area contributed by atoms with E-state index < -0.39 is 55.1 Å². The Hall–Kier alpha value is -3.53. The van der Waals surface area contributed by atoms with E-state index in [1.807, 2.05) is 0 Å². The lowest BCUT2D eigenvalue weighted by Crippen LogP contribution is -2.21. The molecule has 0 aliphatic carbocycles. The third-order valence-corrected chi connectivity index (χ3v) is 4.82. The lowest BCUT2D eigenvalue weighted by molar-refractivity contribution is -0.141. The van der Waals surface area contributed by atoms with Gasteiger partial charge in [-0.3, -0.25) is 9.48 Å². The number of carbonyl (C=O) groups is 1. The van der Waals surface area contributed by atoms with Gasteiger partial charge in [0, 0.05) is 18.2 Å². The van der Waals surface area contributed by atoms with E-state index in [1.165, 1.54) is 6.92 Å². The minimum absolute atomic E-state index is 0. The fourth-order valence-corrected chi connectivity index (χ4v) is 3.25. The number of pyridine rings is 1. The van der Waals surface area contributed by atoms with E-state index in [-0.39, 0.29) is 28.5 Å². The van der Waals surface area contributed by atoms with Crippen LogP contribution in [0.15, 0.2) is 24.7 Å². The van der Waals surface area contributed by atoms with E-state index in [9.17, 15) is 31.1 Å². The first kappa shape index (κ1) is 25.1. The number of nitrogens with zero attached hydrogens (tertiary/aromatic N) is 6. The molecule has 0 unspecified atom stereocenters. The maximum Gasteiger partial charge on any atom is 0.435 e. The van der Waals surface area contributed by atoms with Crippen LogP contribution in [0, 0.1) is 12.7 Å². The van der Waals surface area contributed by atoms with Crippen LogP contribution in [0.5, 0.6) is 0 Å². The van der Waals surface area contributed by atoms with Crippen molar-refractivity contribution < 1.29 is 36.6 Å². The molecule has 1 saturated heterocycles. The maximum absolute atomic E-state index is 14.5. The first-order chi connectivity index (χ1) is 15.4. The fourth-order valence-electron chi connectivity index (χ4n) is 3.25. The molecular weight excluding hydrogens is 474 g/mol. The monoisotopic (exact) mass is 492 g/mol. The fraction of sp³-hybridized carbons (Fsp3) is 0.389. The first-order valence-corrected chi connectivity index (χ1v) is 9.51. The van der Waals surface area contributed by atoms with Crippen LogP contribution in [0.4, 0.5) is 32.0 Å². The Bertz CT molecular complexity index is 1190. The van der Waals surface area contributed by atoms with Gasteiger partial charge in [-0.25, -0.2) is 23.1 Å². The molecule has 34 heavy (non-hydrogen) atoms. The number of anilines is 1. The molecule has 0 bridgehead atoms. The summed E-state index contributed by atoms with van der Waals surface area (Å²) in [5, 5.41) is 12.2. The van der Waals surface area contributed by atoms with Crippen molar-refractivity contribution in [1.82, 2.24) is 34.8 Å². The number of nitrogens with one attached hydrogen (secondary N) is 2. The topological polar surface area (TPSA) is 134 Å². The largest absolute Gasteiger partial charge is 0.435 e. The molecule has 4 rings (SSSR count). The molecule has 0 saturated carbocycles. The highest BCUT2D eigenvalue weighted by atomic mass is 19.4. The van der Waals surface area contributed by atoms with Crippen molar-refractivity contribution in [2.45, 2.75) is 38.0 Å². The average Bonchev–Trinajstić information content (AvgIpc) is 3.41. The Morgan fingerprint density at radius 3 is 2.59 bits per heavy atom. The van der Waals surface area contributed by atoms with Crippen molar-refractivity contribution in [3.63, 3.8) is 0 Å². The molecule has 0 aromatic carbocycles. The Labute approximate surface area is 187 Å². The highest BCUT2D eigenvalue weighted by Crippen LogP contribution is 2.32. The van der Waals surface area contributed by atoms with Gasteiger partial charge in [0.2, 0.25) is 5.91 Å². The second kappa shape index (κ2) is 9.02. The van der Waals surface area contributed by atoms with E-state index in [0.717, 1.165) is 34.0 Å². The van der Waals surface area contributed by atoms with E-state index in [1.54, 1.807) is 0 Å². The number of carbonyl (C=O) groups excluding carboxylic acids is 1. The summed E-state index contributed by atoms with van der Waals surface area (Å²) in [7, 11) is 0. The second-order valence-corrected chi connectivity index (χ2v) is 7.44. The van der Waals surface area contributed by atoms with Crippen molar-refractivity contribution >= 4 is 11.6 Å². The highest BCUT2D eigenvalue weighted by molar-refractivity contribution is 5.90. The number of hydrogen-bond donors (Lipinski definition) is 2. The van der Waals surface area contributed by atoms with Crippen LogP contribution < -0.4 is 10.6 Å². The lowest BCUT2D eigenvalue weighted by atomic mass is 10.2. The Morgan fingerprint density at radius 1 is 1.26 bits per heavy atom. The van der Waals surface area contributed by atoms with Gasteiger partial charge in [-0.05, 0) is 13.0 Å². The molecule has 184 valence electrons. The molecular formula is C18H18F6N8O2. The zero-order valence-corrected chi connectivity index (χ0v) is 17.4. The summed E-state index contributed by atoms with van der Waals surface area (Å²) in [4.78, 5) is 19.9. The van der Waals surface area contributed by atoms with Gasteiger partial charge in [-0.1, -0.05) is 0 Å². The maximum atomic E-state index is 14.5. The molecule has 4 N–H and O–H groups in total. The minimum Gasteiger partial charge on any atom is -0.412 e. The quantitative estimate of drug-likeness (QED) is 0.522. The van der Waals surface area contributed by atoms with Crippen LogP contribution in [0.25, 0.3) is 5.82 Å². The van der Waals surface area contributed by atoms with E-state index >= 15 is 0 Å². The summed E-state index contributed by atoms with van der Waals surface area (Å²) in [5.41, 5.74) is -1.07.